The number of hydrogen-bond donors (Lipinski definition) is 0. The number of hydrogen-bond acceptors (Lipinski definition) is 8. The van der Waals surface area contributed by atoms with Crippen LogP contribution in [0.4, 0.5) is 0 Å². The zero-order chi connectivity index (χ0) is 29.1. The maximum absolute atomic E-state index is 13.1. The summed E-state index contributed by atoms with van der Waals surface area (Å²) in [5, 5.41) is 11.8. The van der Waals surface area contributed by atoms with Crippen molar-refractivity contribution < 1.29 is 19.1 Å². The van der Waals surface area contributed by atoms with E-state index in [-0.39, 0.29) is 34.9 Å². The molecule has 214 valence electrons. The van der Waals surface area contributed by atoms with Crippen LogP contribution in [0.5, 0.6) is 5.75 Å². The number of carbonyl (C=O) groups excluding carboxylic acids is 3. The molecule has 0 radical (unpaired) electrons. The monoisotopic (exact) mass is 597 g/mol. The second-order valence-electron chi connectivity index (χ2n) is 10.0. The molecule has 40 heavy (non-hydrogen) atoms. The Morgan fingerprint density at radius 1 is 0.925 bits per heavy atom. The van der Waals surface area contributed by atoms with E-state index in [1.165, 1.54) is 34.9 Å². The topological polar surface area (TPSA) is 84.2 Å². The van der Waals surface area contributed by atoms with Crippen molar-refractivity contribution in [2.45, 2.75) is 102 Å². The number of nitrogens with zero attached hydrogens (tertiary/aromatic N) is 1. The molecule has 2 aromatic rings. The van der Waals surface area contributed by atoms with Gasteiger partial charge in [-0.25, -0.2) is 0 Å². The van der Waals surface area contributed by atoms with E-state index in [1.54, 1.807) is 18.2 Å². The van der Waals surface area contributed by atoms with Gasteiger partial charge in [0.05, 0.1) is 19.9 Å². The molecular formula is C32H39NO4S3. The number of benzene rings is 1. The molecule has 0 fully saturated rings. The van der Waals surface area contributed by atoms with Gasteiger partial charge in [-0.3, -0.25) is 14.4 Å². The van der Waals surface area contributed by atoms with Crippen LogP contribution in [0.3, 0.4) is 0 Å². The first-order chi connectivity index (χ1) is 19.4. The van der Waals surface area contributed by atoms with Crippen molar-refractivity contribution in [1.82, 2.24) is 0 Å². The first-order valence-corrected chi connectivity index (χ1v) is 16.9. The lowest BCUT2D eigenvalue weighted by atomic mass is 9.91. The van der Waals surface area contributed by atoms with Crippen LogP contribution in [-0.2, 0) is 16.0 Å². The minimum atomic E-state index is -0.303. The number of nitriles is 1. The molecule has 1 aliphatic rings. The molecule has 0 saturated heterocycles. The van der Waals surface area contributed by atoms with Gasteiger partial charge < -0.3 is 4.74 Å². The SMILES string of the molecule is CCCCC(CC)C(=O)CCc1ccc(OC(=O)C(CC)CCCC)c2c1S/C(=C(\C#N)C(=O)c1cccs1)S2. The largest absolute Gasteiger partial charge is 0.425 e. The van der Waals surface area contributed by atoms with Crippen molar-refractivity contribution in [3.63, 3.8) is 0 Å². The molecule has 1 aliphatic heterocycles. The summed E-state index contributed by atoms with van der Waals surface area (Å²) in [4.78, 5) is 41.4. The number of Topliss-reactive ketones (excluding diaryl/α,β-unsaturated/α-hetero) is 2. The van der Waals surface area contributed by atoms with Crippen LogP contribution < -0.4 is 4.74 Å². The number of thioether (sulfide) groups is 2. The fourth-order valence-corrected chi connectivity index (χ4v) is 8.10. The summed E-state index contributed by atoms with van der Waals surface area (Å²) in [6.07, 6.45) is 8.35. The molecule has 0 aliphatic carbocycles. The van der Waals surface area contributed by atoms with Crippen LogP contribution in [0.2, 0.25) is 0 Å². The van der Waals surface area contributed by atoms with Crippen molar-refractivity contribution in [3.8, 4) is 11.8 Å². The van der Waals surface area contributed by atoms with E-state index in [4.69, 9.17) is 4.74 Å². The average molecular weight is 598 g/mol. The summed E-state index contributed by atoms with van der Waals surface area (Å²) in [6, 6.07) is 9.37. The van der Waals surface area contributed by atoms with E-state index >= 15 is 0 Å². The van der Waals surface area contributed by atoms with E-state index in [1.807, 2.05) is 18.4 Å². The number of fused-ring (bicyclic) bond motifs is 1. The molecule has 0 bridgehead atoms. The summed E-state index contributed by atoms with van der Waals surface area (Å²) in [6.45, 7) is 8.31. The highest BCUT2D eigenvalue weighted by molar-refractivity contribution is 8.24. The fourth-order valence-electron chi connectivity index (χ4n) is 4.74. The number of ketones is 2. The van der Waals surface area contributed by atoms with E-state index in [2.05, 4.69) is 26.8 Å². The Labute approximate surface area is 251 Å². The predicted molar refractivity (Wildman–Crippen MR) is 165 cm³/mol. The van der Waals surface area contributed by atoms with Crippen LogP contribution in [0, 0.1) is 23.2 Å². The van der Waals surface area contributed by atoms with Gasteiger partial charge in [0.15, 0.2) is 0 Å². The van der Waals surface area contributed by atoms with Crippen LogP contribution >= 0.6 is 34.9 Å². The average Bonchev–Trinajstić information content (AvgIpc) is 3.65. The van der Waals surface area contributed by atoms with Crippen molar-refractivity contribution in [1.29, 1.82) is 5.26 Å². The van der Waals surface area contributed by atoms with Crippen LogP contribution in [-0.4, -0.2) is 17.5 Å². The molecule has 2 atom stereocenters. The maximum Gasteiger partial charge on any atom is 0.314 e. The van der Waals surface area contributed by atoms with Crippen LogP contribution in [0.25, 0.3) is 0 Å². The van der Waals surface area contributed by atoms with Gasteiger partial charge in [0.1, 0.15) is 23.2 Å². The van der Waals surface area contributed by atoms with Gasteiger partial charge in [-0.2, -0.15) is 5.26 Å². The number of esters is 1. The lowest BCUT2D eigenvalue weighted by molar-refractivity contribution is -0.139. The Morgan fingerprint density at radius 2 is 1.60 bits per heavy atom. The molecule has 0 spiro atoms. The van der Waals surface area contributed by atoms with Gasteiger partial charge in [0.2, 0.25) is 5.78 Å². The van der Waals surface area contributed by atoms with E-state index in [0.717, 1.165) is 60.3 Å². The van der Waals surface area contributed by atoms with Crippen LogP contribution in [0.15, 0.2) is 49.2 Å². The standard InChI is InChI=1S/C32H39NO4S3/c1-5-9-12-21(7-3)25(34)17-15-23-16-18-26(37-31(36)22(8-4)13-10-6-2)30-29(23)39-32(40-30)24(20-33)28(35)27-14-11-19-38-27/h11,14,16,18-19,21-22H,5-10,12-13,15,17H2,1-4H3/b32-24-. The quantitative estimate of drug-likeness (QED) is 0.0626. The van der Waals surface area contributed by atoms with Crippen molar-refractivity contribution in [2.24, 2.45) is 11.8 Å². The van der Waals surface area contributed by atoms with Gasteiger partial charge in [0.25, 0.3) is 0 Å². The number of carbonyl (C=O) groups is 3. The molecule has 5 nitrogen and oxygen atoms in total. The third-order valence-electron chi connectivity index (χ3n) is 7.27. The molecule has 0 saturated carbocycles. The van der Waals surface area contributed by atoms with E-state index in [9.17, 15) is 19.6 Å². The zero-order valence-electron chi connectivity index (χ0n) is 23.9. The molecular weight excluding hydrogens is 559 g/mol. The van der Waals surface area contributed by atoms with E-state index in [0.29, 0.717) is 34.1 Å². The molecule has 3 rings (SSSR count). The predicted octanol–water partition coefficient (Wildman–Crippen LogP) is 9.40. The minimum Gasteiger partial charge on any atom is -0.425 e. The highest BCUT2D eigenvalue weighted by atomic mass is 32.2. The second kappa shape index (κ2) is 16.2. The van der Waals surface area contributed by atoms with Gasteiger partial charge in [0, 0.05) is 17.2 Å². The number of allylic oxidation sites excluding steroid dienone is 1. The molecule has 0 N–H and O–H groups in total. The third kappa shape index (κ3) is 8.11. The number of rotatable bonds is 16. The van der Waals surface area contributed by atoms with Crippen molar-refractivity contribution in [2.75, 3.05) is 0 Å². The Morgan fingerprint density at radius 3 is 2.20 bits per heavy atom. The fraction of sp³-hybridized carbons (Fsp3) is 0.500. The highest BCUT2D eigenvalue weighted by Gasteiger charge is 2.32. The van der Waals surface area contributed by atoms with Crippen LogP contribution in [0.1, 0.15) is 101 Å². The van der Waals surface area contributed by atoms with Gasteiger partial charge in [-0.15, -0.1) is 11.3 Å². The van der Waals surface area contributed by atoms with Gasteiger partial charge in [-0.1, -0.05) is 89.0 Å². The number of thiophene rings is 1. The first-order valence-electron chi connectivity index (χ1n) is 14.4. The third-order valence-corrected chi connectivity index (χ3v) is 10.8. The molecule has 1 aromatic carbocycles. The highest BCUT2D eigenvalue weighted by Crippen LogP contribution is 2.57. The number of unbranched alkanes of at least 4 members (excludes halogenated alkanes) is 2. The Hall–Kier alpha value is -2.34. The first kappa shape index (κ1) is 32.2. The summed E-state index contributed by atoms with van der Waals surface area (Å²) in [5.74, 6) is 0.0788. The second-order valence-corrected chi connectivity index (χ2v) is 13.3. The Balaban J connectivity index is 1.93. The summed E-state index contributed by atoms with van der Waals surface area (Å²) < 4.78 is 6.54. The normalized spacial score (nSPS) is 15.2. The summed E-state index contributed by atoms with van der Waals surface area (Å²) >= 11 is 3.99. The number of aryl methyl sites for hydroxylation is 1. The number of ether oxygens (including phenoxy) is 1. The van der Waals surface area contributed by atoms with Gasteiger partial charge in [-0.05, 0) is 55.2 Å². The molecule has 2 unspecified atom stereocenters. The molecule has 1 aromatic heterocycles. The van der Waals surface area contributed by atoms with E-state index < -0.39 is 0 Å². The lowest BCUT2D eigenvalue weighted by Crippen LogP contribution is -2.20. The Bertz CT molecular complexity index is 1260. The van der Waals surface area contributed by atoms with Gasteiger partial charge >= 0.3 is 5.97 Å². The smallest absolute Gasteiger partial charge is 0.314 e. The molecule has 8 heteroatoms. The van der Waals surface area contributed by atoms with Crippen molar-refractivity contribution in [3.05, 3.63) is 49.9 Å². The minimum absolute atomic E-state index is 0.0772. The summed E-state index contributed by atoms with van der Waals surface area (Å²) in [5.41, 5.74) is 1.06. The molecule has 0 amide bonds. The van der Waals surface area contributed by atoms with Crippen molar-refractivity contribution >= 4 is 52.4 Å². The molecule has 2 heterocycles. The Kier molecular flexibility index (Phi) is 13.0. The summed E-state index contributed by atoms with van der Waals surface area (Å²) in [7, 11) is 0. The lowest BCUT2D eigenvalue weighted by Gasteiger charge is -2.16. The zero-order valence-corrected chi connectivity index (χ0v) is 26.4. The maximum atomic E-state index is 13.1.